The Morgan fingerprint density at radius 2 is 1.38 bits per heavy atom. The highest BCUT2D eigenvalue weighted by atomic mass is 35.5. The third-order valence-electron chi connectivity index (χ3n) is 4.48. The first kappa shape index (κ1) is 21.5. The van der Waals surface area contributed by atoms with Crippen LogP contribution in [0.15, 0.2) is 36.4 Å². The molecule has 0 amide bonds. The van der Waals surface area contributed by atoms with E-state index < -0.39 is 5.54 Å². The van der Waals surface area contributed by atoms with Crippen LogP contribution in [-0.2, 0) is 6.54 Å². The van der Waals surface area contributed by atoms with Crippen LogP contribution in [0.4, 0.5) is 0 Å². The summed E-state index contributed by atoms with van der Waals surface area (Å²) in [5.41, 5.74) is 0.199. The highest BCUT2D eigenvalue weighted by Gasteiger charge is 2.22. The summed E-state index contributed by atoms with van der Waals surface area (Å²) in [5, 5.41) is 27.8. The smallest absolute Gasteiger partial charge is 0.0633 e. The molecule has 0 aliphatic rings. The molecule has 3 nitrogen and oxygen atoms in total. The third kappa shape index (κ3) is 4.05. The number of aliphatic hydroxyl groups excluding tert-OH is 2. The molecule has 0 aliphatic carbocycles. The maximum absolute atomic E-state index is 9.53. The third-order valence-corrected chi connectivity index (χ3v) is 5.35. The number of hydrogen-bond acceptors (Lipinski definition) is 3. The van der Waals surface area contributed by atoms with E-state index in [1.165, 1.54) is 0 Å². The van der Waals surface area contributed by atoms with E-state index in [0.29, 0.717) is 21.6 Å². The molecule has 26 heavy (non-hydrogen) atoms. The number of halogens is 4. The van der Waals surface area contributed by atoms with Crippen molar-refractivity contribution in [1.82, 2.24) is 5.32 Å². The van der Waals surface area contributed by atoms with Crippen molar-refractivity contribution < 1.29 is 10.2 Å². The number of nitrogens with one attached hydrogen (secondary N) is 1. The molecule has 0 atom stereocenters. The van der Waals surface area contributed by atoms with Crippen LogP contribution < -0.4 is 5.32 Å². The highest BCUT2D eigenvalue weighted by Crippen LogP contribution is 2.38. The van der Waals surface area contributed by atoms with Gasteiger partial charge in [0.15, 0.2) is 0 Å². The van der Waals surface area contributed by atoms with Gasteiger partial charge in [0.05, 0.1) is 23.8 Å². The largest absolute Gasteiger partial charge is 0.394 e. The summed E-state index contributed by atoms with van der Waals surface area (Å²) >= 11 is 19.0. The molecule has 3 N–H and O–H groups in total. The summed E-state index contributed by atoms with van der Waals surface area (Å²) < 4.78 is 0. The van der Waals surface area contributed by atoms with E-state index in [0.717, 1.165) is 27.1 Å². The molecule has 0 saturated heterocycles. The number of hydrogen-bond donors (Lipinski definition) is 3. The molecule has 3 aromatic rings. The number of aliphatic hydroxyl groups is 2. The van der Waals surface area contributed by atoms with Gasteiger partial charge in [-0.1, -0.05) is 46.9 Å². The van der Waals surface area contributed by atoms with E-state index in [1.54, 1.807) is 13.0 Å². The zero-order chi connectivity index (χ0) is 18.2. The molecule has 0 radical (unpaired) electrons. The number of benzene rings is 3. The number of fused-ring (bicyclic) bond motifs is 2. The quantitative estimate of drug-likeness (QED) is 0.483. The lowest BCUT2D eigenvalue weighted by Gasteiger charge is -2.27. The molecule has 7 heteroatoms. The predicted molar refractivity (Wildman–Crippen MR) is 113 cm³/mol. The van der Waals surface area contributed by atoms with Gasteiger partial charge in [-0.2, -0.15) is 0 Å². The Kier molecular flexibility index (Phi) is 7.03. The molecule has 0 bridgehead atoms. The average Bonchev–Trinajstić information content (AvgIpc) is 2.61. The lowest BCUT2D eigenvalue weighted by molar-refractivity contribution is 0.103. The molecule has 0 saturated carbocycles. The van der Waals surface area contributed by atoms with Gasteiger partial charge in [0, 0.05) is 27.4 Å². The predicted octanol–water partition coefficient (Wildman–Crippen LogP) is 5.21. The lowest BCUT2D eigenvalue weighted by atomic mass is 9.95. The fourth-order valence-electron chi connectivity index (χ4n) is 2.86. The Labute approximate surface area is 173 Å². The fraction of sp³-hybridized carbons (Fsp3) is 0.263. The van der Waals surface area contributed by atoms with Crippen molar-refractivity contribution in [2.45, 2.75) is 19.0 Å². The van der Waals surface area contributed by atoms with Crippen molar-refractivity contribution in [3.63, 3.8) is 0 Å². The van der Waals surface area contributed by atoms with Crippen molar-refractivity contribution in [2.75, 3.05) is 13.2 Å². The average molecular weight is 435 g/mol. The summed E-state index contributed by atoms with van der Waals surface area (Å²) in [4.78, 5) is 0. The van der Waals surface area contributed by atoms with Gasteiger partial charge in [-0.25, -0.2) is 0 Å². The Morgan fingerprint density at radius 1 is 0.846 bits per heavy atom. The van der Waals surface area contributed by atoms with Crippen LogP contribution in [0, 0.1) is 0 Å². The van der Waals surface area contributed by atoms with Gasteiger partial charge < -0.3 is 15.5 Å². The van der Waals surface area contributed by atoms with E-state index in [2.05, 4.69) is 5.32 Å². The SMILES string of the molecule is CC(CO)(CO)NCc1c2ccc(Cl)cc2c(Cl)c2ccc(Cl)cc12.Cl. The fourth-order valence-corrected chi connectivity index (χ4v) is 3.53. The maximum Gasteiger partial charge on any atom is 0.0633 e. The van der Waals surface area contributed by atoms with E-state index in [9.17, 15) is 10.2 Å². The van der Waals surface area contributed by atoms with Gasteiger partial charge in [-0.15, -0.1) is 12.4 Å². The normalized spacial score (nSPS) is 11.8. The zero-order valence-electron chi connectivity index (χ0n) is 14.0. The summed E-state index contributed by atoms with van der Waals surface area (Å²) in [7, 11) is 0. The molecule has 0 heterocycles. The van der Waals surface area contributed by atoms with Gasteiger partial charge in [-0.3, -0.25) is 0 Å². The minimum absolute atomic E-state index is 0. The monoisotopic (exact) mass is 433 g/mol. The van der Waals surface area contributed by atoms with Crippen LogP contribution in [0.1, 0.15) is 12.5 Å². The Hall–Kier alpha value is -0.780. The summed E-state index contributed by atoms with van der Waals surface area (Å²) in [6.45, 7) is 1.83. The molecular formula is C19H19Cl4NO2. The summed E-state index contributed by atoms with van der Waals surface area (Å²) in [5.74, 6) is 0. The van der Waals surface area contributed by atoms with E-state index in [1.807, 2.05) is 30.3 Å². The Morgan fingerprint density at radius 3 is 1.96 bits per heavy atom. The molecule has 0 fully saturated rings. The van der Waals surface area contributed by atoms with Crippen LogP contribution in [0.3, 0.4) is 0 Å². The van der Waals surface area contributed by atoms with Crippen LogP contribution >= 0.6 is 47.2 Å². The van der Waals surface area contributed by atoms with E-state index in [-0.39, 0.29) is 25.6 Å². The van der Waals surface area contributed by atoms with Crippen molar-refractivity contribution in [2.24, 2.45) is 0 Å². The van der Waals surface area contributed by atoms with Gasteiger partial charge in [0.1, 0.15) is 0 Å². The second kappa shape index (κ2) is 8.49. The molecule has 3 aromatic carbocycles. The van der Waals surface area contributed by atoms with Crippen molar-refractivity contribution in [3.05, 3.63) is 57.0 Å². The molecule has 0 aliphatic heterocycles. The Balaban J connectivity index is 0.00000243. The maximum atomic E-state index is 9.53. The van der Waals surface area contributed by atoms with Crippen molar-refractivity contribution in [3.8, 4) is 0 Å². The first-order valence-corrected chi connectivity index (χ1v) is 8.97. The highest BCUT2D eigenvalue weighted by molar-refractivity contribution is 6.42. The molecule has 140 valence electrons. The molecule has 3 rings (SSSR count). The van der Waals surface area contributed by atoms with Crippen molar-refractivity contribution in [1.29, 1.82) is 0 Å². The van der Waals surface area contributed by atoms with Gasteiger partial charge in [-0.05, 0) is 47.5 Å². The summed E-state index contributed by atoms with van der Waals surface area (Å²) in [6, 6.07) is 11.2. The topological polar surface area (TPSA) is 52.5 Å². The van der Waals surface area contributed by atoms with Crippen molar-refractivity contribution >= 4 is 68.8 Å². The first-order chi connectivity index (χ1) is 11.9. The van der Waals surface area contributed by atoms with Gasteiger partial charge in [0.25, 0.3) is 0 Å². The lowest BCUT2D eigenvalue weighted by Crippen LogP contribution is -2.48. The zero-order valence-corrected chi connectivity index (χ0v) is 17.1. The molecular weight excluding hydrogens is 416 g/mol. The van der Waals surface area contributed by atoms with Crippen LogP contribution in [0.5, 0.6) is 0 Å². The first-order valence-electron chi connectivity index (χ1n) is 7.84. The second-order valence-corrected chi connectivity index (χ2v) is 7.65. The van der Waals surface area contributed by atoms with Crippen LogP contribution in [-0.4, -0.2) is 29.0 Å². The molecule has 0 unspecified atom stereocenters. The van der Waals surface area contributed by atoms with Gasteiger partial charge >= 0.3 is 0 Å². The van der Waals surface area contributed by atoms with Crippen LogP contribution in [0.25, 0.3) is 21.5 Å². The van der Waals surface area contributed by atoms with E-state index >= 15 is 0 Å². The van der Waals surface area contributed by atoms with Gasteiger partial charge in [0.2, 0.25) is 0 Å². The molecule has 0 aromatic heterocycles. The van der Waals surface area contributed by atoms with E-state index in [4.69, 9.17) is 34.8 Å². The minimum Gasteiger partial charge on any atom is -0.394 e. The standard InChI is InChI=1S/C19H18Cl3NO2.ClH/c1-19(9-24,10-25)23-8-17-13-4-2-12(21)7-16(13)18(22)14-5-3-11(20)6-15(14)17;/h2-7,23-25H,8-10H2,1H3;1H. The summed E-state index contributed by atoms with van der Waals surface area (Å²) in [6.07, 6.45) is 0. The number of rotatable bonds is 5. The second-order valence-electron chi connectivity index (χ2n) is 6.40. The minimum atomic E-state index is -0.788. The van der Waals surface area contributed by atoms with Crippen LogP contribution in [0.2, 0.25) is 15.1 Å². The Bertz CT molecular complexity index is 942. The molecule has 0 spiro atoms.